The van der Waals surface area contributed by atoms with Crippen molar-refractivity contribution in [2.45, 2.75) is 26.2 Å². The number of amides is 1. The number of benzene rings is 2. The summed E-state index contributed by atoms with van der Waals surface area (Å²) >= 11 is 0. The van der Waals surface area contributed by atoms with E-state index in [1.165, 1.54) is 0 Å². The van der Waals surface area contributed by atoms with Gasteiger partial charge in [0.15, 0.2) is 5.82 Å². The van der Waals surface area contributed by atoms with Gasteiger partial charge in [0.05, 0.1) is 5.92 Å². The van der Waals surface area contributed by atoms with Gasteiger partial charge in [-0.15, -0.1) is 0 Å². The normalized spacial score (nSPS) is 16.2. The minimum atomic E-state index is -0.116. The quantitative estimate of drug-likeness (QED) is 0.648. The number of carbonyl (C=O) groups is 1. The lowest BCUT2D eigenvalue weighted by Gasteiger charge is -2.33. The number of rotatable bonds is 6. The third kappa shape index (κ3) is 4.59. The molecule has 2 aromatic carbocycles. The molecule has 0 unspecified atom stereocenters. The summed E-state index contributed by atoms with van der Waals surface area (Å²) in [6.07, 6.45) is 5.93. The van der Waals surface area contributed by atoms with Crippen LogP contribution >= 0.6 is 0 Å². The van der Waals surface area contributed by atoms with Gasteiger partial charge < -0.3 is 15.0 Å². The largest absolute Gasteiger partial charge is 0.436 e. The Morgan fingerprint density at radius 1 is 1.10 bits per heavy atom. The van der Waals surface area contributed by atoms with Crippen LogP contribution in [0.3, 0.4) is 0 Å². The van der Waals surface area contributed by atoms with E-state index in [2.05, 4.69) is 33.2 Å². The highest BCUT2D eigenvalue weighted by atomic mass is 16.5. The predicted molar refractivity (Wildman–Crippen MR) is 118 cm³/mol. The van der Waals surface area contributed by atoms with Crippen LogP contribution < -0.4 is 15.0 Å². The Bertz CT molecular complexity index is 993. The second-order valence-electron chi connectivity index (χ2n) is 7.39. The van der Waals surface area contributed by atoms with Crippen molar-refractivity contribution in [3.05, 3.63) is 72.6 Å². The second kappa shape index (κ2) is 9.39. The Morgan fingerprint density at radius 2 is 1.87 bits per heavy atom. The zero-order chi connectivity index (χ0) is 20.8. The van der Waals surface area contributed by atoms with Gasteiger partial charge >= 0.3 is 0 Å². The van der Waals surface area contributed by atoms with E-state index < -0.39 is 0 Å². The smallest absolute Gasteiger partial charge is 0.263 e. The molecule has 1 atom stereocenters. The van der Waals surface area contributed by atoms with Crippen LogP contribution in [-0.2, 0) is 11.2 Å². The molecule has 0 aliphatic carbocycles. The summed E-state index contributed by atoms with van der Waals surface area (Å²) in [5, 5.41) is 3.12. The van der Waals surface area contributed by atoms with E-state index >= 15 is 0 Å². The molecular formula is C24H26N4O2. The molecule has 0 radical (unpaired) electrons. The van der Waals surface area contributed by atoms with Crippen molar-refractivity contribution in [1.82, 2.24) is 9.97 Å². The van der Waals surface area contributed by atoms with Gasteiger partial charge in [-0.2, -0.15) is 0 Å². The average Bonchev–Trinajstić information content (AvgIpc) is 2.80. The number of aryl methyl sites for hydroxylation is 1. The number of hydrogen-bond donors (Lipinski definition) is 1. The number of piperidine rings is 1. The molecule has 1 N–H and O–H groups in total. The molecule has 2 heterocycles. The fourth-order valence-electron chi connectivity index (χ4n) is 3.78. The molecule has 1 amide bonds. The Kier molecular flexibility index (Phi) is 6.23. The Morgan fingerprint density at radius 3 is 2.70 bits per heavy atom. The zero-order valence-corrected chi connectivity index (χ0v) is 17.1. The average molecular weight is 402 g/mol. The Balaban J connectivity index is 1.48. The van der Waals surface area contributed by atoms with Crippen molar-refractivity contribution in [2.24, 2.45) is 5.92 Å². The lowest BCUT2D eigenvalue weighted by molar-refractivity contribution is -0.120. The van der Waals surface area contributed by atoms with Crippen LogP contribution in [0, 0.1) is 5.92 Å². The Labute approximate surface area is 176 Å². The van der Waals surface area contributed by atoms with Crippen LogP contribution in [0.5, 0.6) is 11.6 Å². The van der Waals surface area contributed by atoms with Gasteiger partial charge in [-0.25, -0.2) is 9.97 Å². The maximum Gasteiger partial charge on any atom is 0.263 e. The van der Waals surface area contributed by atoms with E-state index in [1.807, 2.05) is 48.5 Å². The van der Waals surface area contributed by atoms with Gasteiger partial charge in [0.25, 0.3) is 5.88 Å². The molecule has 6 heteroatoms. The molecule has 1 fully saturated rings. The van der Waals surface area contributed by atoms with Crippen molar-refractivity contribution in [2.75, 3.05) is 23.3 Å². The number of anilines is 2. The van der Waals surface area contributed by atoms with Crippen molar-refractivity contribution < 1.29 is 9.53 Å². The molecule has 154 valence electrons. The lowest BCUT2D eigenvalue weighted by Crippen LogP contribution is -2.41. The van der Waals surface area contributed by atoms with Gasteiger partial charge in [-0.1, -0.05) is 43.3 Å². The summed E-state index contributed by atoms with van der Waals surface area (Å²) < 4.78 is 5.97. The van der Waals surface area contributed by atoms with Crippen molar-refractivity contribution >= 4 is 17.4 Å². The lowest BCUT2D eigenvalue weighted by atomic mass is 9.96. The molecule has 1 aromatic heterocycles. The minimum absolute atomic E-state index is 0.0509. The third-order valence-electron chi connectivity index (χ3n) is 5.35. The highest BCUT2D eigenvalue weighted by molar-refractivity contribution is 5.93. The Hall–Kier alpha value is -3.41. The summed E-state index contributed by atoms with van der Waals surface area (Å²) in [6, 6.07) is 17.5. The van der Waals surface area contributed by atoms with Gasteiger partial charge in [0.1, 0.15) is 5.75 Å². The van der Waals surface area contributed by atoms with Crippen molar-refractivity contribution in [1.29, 1.82) is 0 Å². The number of aromatic nitrogens is 2. The number of hydrogen-bond acceptors (Lipinski definition) is 5. The zero-order valence-electron chi connectivity index (χ0n) is 17.1. The molecule has 30 heavy (non-hydrogen) atoms. The third-order valence-corrected chi connectivity index (χ3v) is 5.35. The van der Waals surface area contributed by atoms with Crippen LogP contribution in [-0.4, -0.2) is 29.0 Å². The molecule has 0 bridgehead atoms. The summed E-state index contributed by atoms with van der Waals surface area (Å²) in [5.41, 5.74) is 2.04. The van der Waals surface area contributed by atoms with E-state index in [9.17, 15) is 4.79 Å². The fourth-order valence-corrected chi connectivity index (χ4v) is 3.78. The molecule has 0 spiro atoms. The van der Waals surface area contributed by atoms with Crippen LogP contribution in [0.25, 0.3) is 0 Å². The maximum atomic E-state index is 13.0. The van der Waals surface area contributed by atoms with Crippen LogP contribution in [0.1, 0.15) is 25.3 Å². The van der Waals surface area contributed by atoms with Crippen LogP contribution in [0.4, 0.5) is 11.5 Å². The minimum Gasteiger partial charge on any atom is -0.436 e. The summed E-state index contributed by atoms with van der Waals surface area (Å²) in [5.74, 6) is 1.78. The van der Waals surface area contributed by atoms with Gasteiger partial charge in [-0.3, -0.25) is 4.79 Å². The monoisotopic (exact) mass is 402 g/mol. The summed E-state index contributed by atoms with van der Waals surface area (Å²) in [7, 11) is 0. The molecule has 4 rings (SSSR count). The van der Waals surface area contributed by atoms with Crippen LogP contribution in [0.2, 0.25) is 0 Å². The first-order valence-electron chi connectivity index (χ1n) is 10.4. The SMILES string of the molecule is CCc1ccccc1NC(=O)[C@@H]1CCCN(c2nccnc2Oc2ccccc2)C1. The first kappa shape index (κ1) is 19.9. The molecule has 3 aromatic rings. The summed E-state index contributed by atoms with van der Waals surface area (Å²) in [4.78, 5) is 24.0. The first-order valence-corrected chi connectivity index (χ1v) is 10.4. The number of nitrogens with one attached hydrogen (secondary N) is 1. The molecule has 1 saturated heterocycles. The number of ether oxygens (including phenoxy) is 1. The first-order chi connectivity index (χ1) is 14.7. The highest BCUT2D eigenvalue weighted by Gasteiger charge is 2.29. The standard InChI is InChI=1S/C24H26N4O2/c1-2-18-9-6-7-13-21(18)27-23(29)19-10-8-16-28(17-19)22-24(26-15-14-25-22)30-20-11-4-3-5-12-20/h3-7,9,11-15,19H,2,8,10,16-17H2,1H3,(H,27,29)/t19-/m1/s1. The van der Waals surface area contributed by atoms with E-state index in [0.29, 0.717) is 24.0 Å². The topological polar surface area (TPSA) is 67.4 Å². The van der Waals surface area contributed by atoms with Gasteiger partial charge in [0.2, 0.25) is 5.91 Å². The molecule has 1 aliphatic rings. The fraction of sp³-hybridized carbons (Fsp3) is 0.292. The van der Waals surface area contributed by atoms with Gasteiger partial charge in [-0.05, 0) is 43.0 Å². The molecular weight excluding hydrogens is 376 g/mol. The van der Waals surface area contributed by atoms with Crippen LogP contribution in [0.15, 0.2) is 67.0 Å². The van der Waals surface area contributed by atoms with E-state index in [1.54, 1.807) is 12.4 Å². The molecule has 1 aliphatic heterocycles. The second-order valence-corrected chi connectivity index (χ2v) is 7.39. The van der Waals surface area contributed by atoms with E-state index in [-0.39, 0.29) is 11.8 Å². The van der Waals surface area contributed by atoms with Gasteiger partial charge in [0, 0.05) is 31.2 Å². The molecule has 0 saturated carbocycles. The summed E-state index contributed by atoms with van der Waals surface area (Å²) in [6.45, 7) is 3.50. The number of nitrogens with zero attached hydrogens (tertiary/aromatic N) is 3. The number of carbonyl (C=O) groups excluding carboxylic acids is 1. The predicted octanol–water partition coefficient (Wildman–Crippen LogP) is 4.69. The number of para-hydroxylation sites is 2. The maximum absolute atomic E-state index is 13.0. The van der Waals surface area contributed by atoms with E-state index in [4.69, 9.17) is 4.74 Å². The highest BCUT2D eigenvalue weighted by Crippen LogP contribution is 2.31. The van der Waals surface area contributed by atoms with Crippen molar-refractivity contribution in [3.8, 4) is 11.6 Å². The van der Waals surface area contributed by atoms with Crippen molar-refractivity contribution in [3.63, 3.8) is 0 Å². The molecule has 6 nitrogen and oxygen atoms in total. The van der Waals surface area contributed by atoms with E-state index in [0.717, 1.165) is 37.1 Å².